The van der Waals surface area contributed by atoms with Crippen LogP contribution in [0.25, 0.3) is 10.1 Å². The normalized spacial score (nSPS) is 11.8. The van der Waals surface area contributed by atoms with Crippen LogP contribution in [0.2, 0.25) is 0 Å². The molecule has 0 aliphatic heterocycles. The molecule has 2 aromatic rings. The van der Waals surface area contributed by atoms with E-state index in [0.717, 1.165) is 12.8 Å². The van der Waals surface area contributed by atoms with Gasteiger partial charge in [0.05, 0.1) is 11.1 Å². The van der Waals surface area contributed by atoms with E-state index < -0.39 is 0 Å². The molecule has 0 aliphatic carbocycles. The molecule has 1 heterocycles. The van der Waals surface area contributed by atoms with Crippen molar-refractivity contribution >= 4 is 33.0 Å². The van der Waals surface area contributed by atoms with Crippen LogP contribution in [0.15, 0.2) is 18.2 Å². The van der Waals surface area contributed by atoms with Crippen LogP contribution in [0.3, 0.4) is 0 Å². The highest BCUT2D eigenvalue weighted by atomic mass is 32.1. The van der Waals surface area contributed by atoms with Crippen LogP contribution < -0.4 is 11.1 Å². The number of hydrogen-bond donors (Lipinski definition) is 2. The Labute approximate surface area is 122 Å². The van der Waals surface area contributed by atoms with E-state index in [1.165, 1.54) is 17.4 Å². The molecule has 0 atom stereocenters. The molecule has 3 N–H and O–H groups in total. The van der Waals surface area contributed by atoms with E-state index in [-0.39, 0.29) is 23.0 Å². The molecule has 2 rings (SSSR count). The predicted octanol–water partition coefficient (Wildman–Crippen LogP) is 3.93. The molecule has 20 heavy (non-hydrogen) atoms. The van der Waals surface area contributed by atoms with Crippen molar-refractivity contribution in [3.63, 3.8) is 0 Å². The topological polar surface area (TPSA) is 55.1 Å². The Morgan fingerprint density at radius 3 is 2.60 bits per heavy atom. The molecule has 3 nitrogen and oxygen atoms in total. The number of nitrogens with two attached hydrogens (primary N) is 1. The zero-order chi connectivity index (χ0) is 14.9. The fourth-order valence-electron chi connectivity index (χ4n) is 2.06. The molecule has 1 aromatic carbocycles. The van der Waals surface area contributed by atoms with Gasteiger partial charge in [0.2, 0.25) is 0 Å². The smallest absolute Gasteiger partial charge is 0.263 e. The summed E-state index contributed by atoms with van der Waals surface area (Å²) in [6, 6.07) is 4.75. The minimum Gasteiger partial charge on any atom is -0.397 e. The molecule has 0 aliphatic rings. The van der Waals surface area contributed by atoms with Crippen LogP contribution in [0, 0.1) is 5.82 Å². The van der Waals surface area contributed by atoms with Gasteiger partial charge in [-0.1, -0.05) is 19.9 Å². The van der Waals surface area contributed by atoms with Crippen LogP contribution in [0.1, 0.15) is 43.3 Å². The molecular formula is C15H19FN2OS. The van der Waals surface area contributed by atoms with Crippen LogP contribution in [-0.4, -0.2) is 11.4 Å². The Balaban J connectivity index is 2.41. The van der Waals surface area contributed by atoms with Gasteiger partial charge in [0, 0.05) is 10.2 Å². The monoisotopic (exact) mass is 294 g/mol. The molecule has 0 bridgehead atoms. The Morgan fingerprint density at radius 2 is 2.05 bits per heavy atom. The van der Waals surface area contributed by atoms with E-state index in [9.17, 15) is 9.18 Å². The summed E-state index contributed by atoms with van der Waals surface area (Å²) in [7, 11) is 0. The molecule has 1 aromatic heterocycles. The molecule has 0 radical (unpaired) electrons. The van der Waals surface area contributed by atoms with Crippen LogP contribution in [-0.2, 0) is 0 Å². The zero-order valence-corrected chi connectivity index (χ0v) is 12.7. The Kier molecular flexibility index (Phi) is 3.99. The van der Waals surface area contributed by atoms with Gasteiger partial charge in [-0.15, -0.1) is 11.3 Å². The number of rotatable bonds is 4. The molecule has 0 spiro atoms. The Morgan fingerprint density at radius 1 is 1.40 bits per heavy atom. The lowest BCUT2D eigenvalue weighted by molar-refractivity contribution is 0.0906. The molecule has 0 fully saturated rings. The highest BCUT2D eigenvalue weighted by molar-refractivity contribution is 7.21. The minimum atomic E-state index is -0.385. The fraction of sp³-hybridized carbons (Fsp3) is 0.400. The second kappa shape index (κ2) is 5.40. The maximum absolute atomic E-state index is 13.8. The number of carbonyl (C=O) groups is 1. The lowest BCUT2D eigenvalue weighted by Gasteiger charge is -2.28. The second-order valence-corrected chi connectivity index (χ2v) is 6.23. The van der Waals surface area contributed by atoms with Crippen molar-refractivity contribution in [3.8, 4) is 0 Å². The summed E-state index contributed by atoms with van der Waals surface area (Å²) >= 11 is 1.23. The quantitative estimate of drug-likeness (QED) is 0.897. The number of hydrogen-bond acceptors (Lipinski definition) is 3. The molecule has 0 unspecified atom stereocenters. The molecule has 5 heteroatoms. The number of fused-ring (bicyclic) bond motifs is 1. The van der Waals surface area contributed by atoms with Gasteiger partial charge in [0.25, 0.3) is 5.91 Å². The molecular weight excluding hydrogens is 275 g/mol. The third-order valence-corrected chi connectivity index (χ3v) is 5.05. The van der Waals surface area contributed by atoms with E-state index in [0.29, 0.717) is 15.0 Å². The van der Waals surface area contributed by atoms with E-state index in [2.05, 4.69) is 5.32 Å². The number of amides is 1. The summed E-state index contributed by atoms with van der Waals surface area (Å²) in [4.78, 5) is 12.8. The molecule has 0 saturated carbocycles. The van der Waals surface area contributed by atoms with Crippen molar-refractivity contribution in [2.75, 3.05) is 5.73 Å². The van der Waals surface area contributed by atoms with Crippen molar-refractivity contribution in [1.29, 1.82) is 0 Å². The number of halogens is 1. The van der Waals surface area contributed by atoms with Gasteiger partial charge in [-0.25, -0.2) is 4.39 Å². The van der Waals surface area contributed by atoms with E-state index in [1.54, 1.807) is 12.1 Å². The van der Waals surface area contributed by atoms with E-state index >= 15 is 0 Å². The highest BCUT2D eigenvalue weighted by Crippen LogP contribution is 2.35. The first-order valence-corrected chi connectivity index (χ1v) is 7.52. The van der Waals surface area contributed by atoms with Gasteiger partial charge < -0.3 is 11.1 Å². The number of thiophene rings is 1. The lowest BCUT2D eigenvalue weighted by Crippen LogP contribution is -2.44. The second-order valence-electron chi connectivity index (χ2n) is 5.18. The van der Waals surface area contributed by atoms with Crippen LogP contribution in [0.4, 0.5) is 10.1 Å². The van der Waals surface area contributed by atoms with Crippen LogP contribution in [0.5, 0.6) is 0 Å². The van der Waals surface area contributed by atoms with Gasteiger partial charge in [-0.2, -0.15) is 0 Å². The summed E-state index contributed by atoms with van der Waals surface area (Å²) in [6.45, 7) is 6.05. The Hall–Kier alpha value is -1.62. The maximum atomic E-state index is 13.8. The SMILES string of the molecule is CCC(C)(CC)NC(=O)c1sc2cccc(F)c2c1N. The van der Waals surface area contributed by atoms with Crippen molar-refractivity contribution in [3.05, 3.63) is 28.9 Å². The Bertz CT molecular complexity index is 647. The van der Waals surface area contributed by atoms with Crippen molar-refractivity contribution in [2.45, 2.75) is 39.2 Å². The van der Waals surface area contributed by atoms with Crippen molar-refractivity contribution in [1.82, 2.24) is 5.32 Å². The van der Waals surface area contributed by atoms with Gasteiger partial charge >= 0.3 is 0 Å². The average molecular weight is 294 g/mol. The number of nitrogen functional groups attached to an aromatic ring is 1. The zero-order valence-electron chi connectivity index (χ0n) is 11.9. The number of nitrogens with one attached hydrogen (secondary N) is 1. The molecule has 1 amide bonds. The third-order valence-electron chi connectivity index (χ3n) is 3.88. The third kappa shape index (κ3) is 2.50. The summed E-state index contributed by atoms with van der Waals surface area (Å²) in [5, 5.41) is 3.34. The fourth-order valence-corrected chi connectivity index (χ4v) is 3.09. The average Bonchev–Trinajstić information content (AvgIpc) is 2.77. The number of anilines is 1. The summed E-state index contributed by atoms with van der Waals surface area (Å²) in [5.74, 6) is -0.613. The minimum absolute atomic E-state index is 0.228. The van der Waals surface area contributed by atoms with Gasteiger partial charge in [-0.05, 0) is 31.9 Å². The highest BCUT2D eigenvalue weighted by Gasteiger charge is 2.26. The standard InChI is InChI=1S/C15H19FN2OS/c1-4-15(3,5-2)18-14(19)13-12(17)11-9(16)7-6-8-10(11)20-13/h6-8H,4-5,17H2,1-3H3,(H,18,19). The van der Waals surface area contributed by atoms with Gasteiger partial charge in [0.15, 0.2) is 0 Å². The maximum Gasteiger partial charge on any atom is 0.263 e. The lowest BCUT2D eigenvalue weighted by atomic mass is 9.95. The van der Waals surface area contributed by atoms with Crippen molar-refractivity contribution < 1.29 is 9.18 Å². The largest absolute Gasteiger partial charge is 0.397 e. The molecule has 0 saturated heterocycles. The van der Waals surface area contributed by atoms with Crippen LogP contribution >= 0.6 is 11.3 Å². The summed E-state index contributed by atoms with van der Waals surface area (Å²) < 4.78 is 14.5. The van der Waals surface area contributed by atoms with Gasteiger partial charge in [0.1, 0.15) is 10.7 Å². The number of carbonyl (C=O) groups excluding carboxylic acids is 1. The first-order valence-electron chi connectivity index (χ1n) is 6.71. The van der Waals surface area contributed by atoms with E-state index in [4.69, 9.17) is 5.73 Å². The molecule has 108 valence electrons. The first-order chi connectivity index (χ1) is 9.41. The summed E-state index contributed by atoms with van der Waals surface area (Å²) in [6.07, 6.45) is 1.66. The predicted molar refractivity (Wildman–Crippen MR) is 82.6 cm³/mol. The van der Waals surface area contributed by atoms with Crippen molar-refractivity contribution in [2.24, 2.45) is 0 Å². The van der Waals surface area contributed by atoms with Gasteiger partial charge in [-0.3, -0.25) is 4.79 Å². The number of benzene rings is 1. The van der Waals surface area contributed by atoms with E-state index in [1.807, 2.05) is 20.8 Å². The first kappa shape index (κ1) is 14.8. The summed E-state index contributed by atoms with van der Waals surface area (Å²) in [5.41, 5.74) is 5.92.